The summed E-state index contributed by atoms with van der Waals surface area (Å²) < 4.78 is 1.67. The standard InChI is InChI=1S/C13H11N3OS/c1-9-4-13(18-8-9)10-5-12-11(14-6-10)7-15-16(12)2-3-17/h3-8H,2H2,1H3. The van der Waals surface area contributed by atoms with Crippen LogP contribution in [0.2, 0.25) is 0 Å². The molecule has 0 radical (unpaired) electrons. The van der Waals surface area contributed by atoms with Crippen LogP contribution in [-0.2, 0) is 11.3 Å². The molecule has 0 fully saturated rings. The number of thiophene rings is 1. The van der Waals surface area contributed by atoms with Crippen LogP contribution in [0, 0.1) is 6.92 Å². The van der Waals surface area contributed by atoms with E-state index in [1.807, 2.05) is 12.3 Å². The van der Waals surface area contributed by atoms with Crippen LogP contribution in [0.1, 0.15) is 5.56 Å². The van der Waals surface area contributed by atoms with Crippen molar-refractivity contribution in [2.45, 2.75) is 13.5 Å². The lowest BCUT2D eigenvalue weighted by Crippen LogP contribution is -2.00. The molecule has 0 spiro atoms. The molecule has 5 heteroatoms. The van der Waals surface area contributed by atoms with E-state index in [0.29, 0.717) is 0 Å². The third kappa shape index (κ3) is 1.82. The van der Waals surface area contributed by atoms with Gasteiger partial charge in [0.15, 0.2) is 0 Å². The Bertz CT molecular complexity index is 714. The van der Waals surface area contributed by atoms with Crippen molar-refractivity contribution in [2.75, 3.05) is 0 Å². The molecule has 90 valence electrons. The highest BCUT2D eigenvalue weighted by molar-refractivity contribution is 7.13. The summed E-state index contributed by atoms with van der Waals surface area (Å²) in [5, 5.41) is 6.26. The molecule has 3 aromatic rings. The Morgan fingerprint density at radius 3 is 3.00 bits per heavy atom. The molecule has 0 saturated carbocycles. The zero-order valence-electron chi connectivity index (χ0n) is 9.83. The first-order valence-electron chi connectivity index (χ1n) is 5.58. The molecule has 3 heterocycles. The molecule has 0 atom stereocenters. The normalized spacial score (nSPS) is 10.9. The number of aryl methyl sites for hydroxylation is 1. The van der Waals surface area contributed by atoms with Gasteiger partial charge in [-0.3, -0.25) is 9.67 Å². The number of aromatic nitrogens is 3. The third-order valence-electron chi connectivity index (χ3n) is 2.76. The highest BCUT2D eigenvalue weighted by atomic mass is 32.1. The summed E-state index contributed by atoms with van der Waals surface area (Å²) in [6, 6.07) is 4.16. The molecular weight excluding hydrogens is 246 g/mol. The highest BCUT2D eigenvalue weighted by Crippen LogP contribution is 2.28. The van der Waals surface area contributed by atoms with Crippen molar-refractivity contribution < 1.29 is 4.79 Å². The average Bonchev–Trinajstić information content (AvgIpc) is 2.96. The first-order valence-corrected chi connectivity index (χ1v) is 6.46. The SMILES string of the molecule is Cc1csc(-c2cnc3cnn(CC=O)c3c2)c1. The predicted octanol–water partition coefficient (Wildman–Crippen LogP) is 2.67. The van der Waals surface area contributed by atoms with Gasteiger partial charge >= 0.3 is 0 Å². The van der Waals surface area contributed by atoms with Crippen LogP contribution in [0.5, 0.6) is 0 Å². The van der Waals surface area contributed by atoms with Crippen molar-refractivity contribution in [3.8, 4) is 10.4 Å². The molecule has 0 unspecified atom stereocenters. The maximum absolute atomic E-state index is 10.6. The van der Waals surface area contributed by atoms with E-state index < -0.39 is 0 Å². The maximum Gasteiger partial charge on any atom is 0.141 e. The third-order valence-corrected chi connectivity index (χ3v) is 3.85. The molecule has 0 aromatic carbocycles. The monoisotopic (exact) mass is 257 g/mol. The van der Waals surface area contributed by atoms with Crippen LogP contribution in [-0.4, -0.2) is 21.1 Å². The fraction of sp³-hybridized carbons (Fsp3) is 0.154. The Labute approximate surface area is 108 Å². The minimum Gasteiger partial charge on any atom is -0.301 e. The summed E-state index contributed by atoms with van der Waals surface area (Å²) in [7, 11) is 0. The van der Waals surface area contributed by atoms with Gasteiger partial charge in [-0.25, -0.2) is 0 Å². The van der Waals surface area contributed by atoms with E-state index in [1.165, 1.54) is 10.4 Å². The van der Waals surface area contributed by atoms with Crippen molar-refractivity contribution in [1.82, 2.24) is 14.8 Å². The van der Waals surface area contributed by atoms with E-state index >= 15 is 0 Å². The van der Waals surface area contributed by atoms with Gasteiger partial charge < -0.3 is 4.79 Å². The molecule has 18 heavy (non-hydrogen) atoms. The summed E-state index contributed by atoms with van der Waals surface area (Å²) in [4.78, 5) is 16.2. The molecule has 0 N–H and O–H groups in total. The van der Waals surface area contributed by atoms with Gasteiger partial charge in [0.2, 0.25) is 0 Å². The summed E-state index contributed by atoms with van der Waals surface area (Å²) in [6.45, 7) is 2.33. The molecule has 3 aromatic heterocycles. The Hall–Kier alpha value is -2.01. The van der Waals surface area contributed by atoms with Crippen LogP contribution < -0.4 is 0 Å². The summed E-state index contributed by atoms with van der Waals surface area (Å²) >= 11 is 1.69. The number of fused-ring (bicyclic) bond motifs is 1. The van der Waals surface area contributed by atoms with E-state index in [1.54, 1.807) is 22.2 Å². The number of carbonyl (C=O) groups excluding carboxylic acids is 1. The van der Waals surface area contributed by atoms with Gasteiger partial charge in [0, 0.05) is 16.6 Å². The second kappa shape index (κ2) is 4.34. The lowest BCUT2D eigenvalue weighted by Gasteiger charge is -2.00. The Morgan fingerprint density at radius 2 is 2.28 bits per heavy atom. The first kappa shape index (κ1) is 11.1. The number of pyridine rings is 1. The van der Waals surface area contributed by atoms with Crippen molar-refractivity contribution in [3.05, 3.63) is 35.5 Å². The van der Waals surface area contributed by atoms with E-state index in [9.17, 15) is 4.79 Å². The van der Waals surface area contributed by atoms with Gasteiger partial charge in [0.05, 0.1) is 18.3 Å². The average molecular weight is 257 g/mol. The second-order valence-electron chi connectivity index (χ2n) is 4.11. The molecule has 0 saturated heterocycles. The van der Waals surface area contributed by atoms with Crippen LogP contribution in [0.25, 0.3) is 21.5 Å². The lowest BCUT2D eigenvalue weighted by atomic mass is 10.2. The lowest BCUT2D eigenvalue weighted by molar-refractivity contribution is -0.108. The zero-order valence-corrected chi connectivity index (χ0v) is 10.6. The number of rotatable bonds is 3. The molecule has 0 amide bonds. The Kier molecular flexibility index (Phi) is 2.68. The summed E-state index contributed by atoms with van der Waals surface area (Å²) in [6.07, 6.45) is 4.37. The topological polar surface area (TPSA) is 47.8 Å². The minimum atomic E-state index is 0.262. The molecule has 0 aliphatic rings. The smallest absolute Gasteiger partial charge is 0.141 e. The Balaban J connectivity index is 2.14. The van der Waals surface area contributed by atoms with Crippen LogP contribution in [0.15, 0.2) is 29.9 Å². The molecule has 4 nitrogen and oxygen atoms in total. The largest absolute Gasteiger partial charge is 0.301 e. The van der Waals surface area contributed by atoms with Crippen molar-refractivity contribution in [2.24, 2.45) is 0 Å². The van der Waals surface area contributed by atoms with Gasteiger partial charge in [-0.05, 0) is 30.0 Å². The molecule has 0 bridgehead atoms. The summed E-state index contributed by atoms with van der Waals surface area (Å²) in [5.74, 6) is 0. The summed E-state index contributed by atoms with van der Waals surface area (Å²) in [5.41, 5.74) is 4.02. The van der Waals surface area contributed by atoms with Crippen LogP contribution in [0.3, 0.4) is 0 Å². The Morgan fingerprint density at radius 1 is 1.39 bits per heavy atom. The number of carbonyl (C=O) groups is 1. The number of hydrogen-bond acceptors (Lipinski definition) is 4. The highest BCUT2D eigenvalue weighted by Gasteiger charge is 2.07. The molecular formula is C13H11N3OS. The number of nitrogens with zero attached hydrogens (tertiary/aromatic N) is 3. The first-order chi connectivity index (χ1) is 8.78. The van der Waals surface area contributed by atoms with Gasteiger partial charge in [0.25, 0.3) is 0 Å². The van der Waals surface area contributed by atoms with E-state index in [-0.39, 0.29) is 6.54 Å². The number of aldehydes is 1. The quantitative estimate of drug-likeness (QED) is 0.678. The minimum absolute atomic E-state index is 0.262. The van der Waals surface area contributed by atoms with Gasteiger partial charge in [-0.2, -0.15) is 5.10 Å². The molecule has 3 rings (SSSR count). The fourth-order valence-corrected chi connectivity index (χ4v) is 2.77. The van der Waals surface area contributed by atoms with Gasteiger partial charge in [0.1, 0.15) is 11.8 Å². The number of hydrogen-bond donors (Lipinski definition) is 0. The van der Waals surface area contributed by atoms with Crippen molar-refractivity contribution >= 4 is 28.7 Å². The van der Waals surface area contributed by atoms with Gasteiger partial charge in [-0.1, -0.05) is 0 Å². The van der Waals surface area contributed by atoms with Crippen LogP contribution in [0.4, 0.5) is 0 Å². The molecule has 0 aliphatic heterocycles. The second-order valence-corrected chi connectivity index (χ2v) is 5.02. The zero-order chi connectivity index (χ0) is 12.5. The fourth-order valence-electron chi connectivity index (χ4n) is 1.89. The van der Waals surface area contributed by atoms with Crippen LogP contribution >= 0.6 is 11.3 Å². The van der Waals surface area contributed by atoms with E-state index in [4.69, 9.17) is 0 Å². The van der Waals surface area contributed by atoms with E-state index in [2.05, 4.69) is 28.5 Å². The predicted molar refractivity (Wildman–Crippen MR) is 71.6 cm³/mol. The van der Waals surface area contributed by atoms with Crippen molar-refractivity contribution in [3.63, 3.8) is 0 Å². The van der Waals surface area contributed by atoms with Crippen molar-refractivity contribution in [1.29, 1.82) is 0 Å². The maximum atomic E-state index is 10.6. The van der Waals surface area contributed by atoms with E-state index in [0.717, 1.165) is 22.9 Å². The molecule has 0 aliphatic carbocycles. The van der Waals surface area contributed by atoms with Gasteiger partial charge in [-0.15, -0.1) is 11.3 Å².